The van der Waals surface area contributed by atoms with Crippen LogP contribution in [0.2, 0.25) is 10.0 Å². The minimum Gasteiger partial charge on any atom is -0.380 e. The van der Waals surface area contributed by atoms with Crippen molar-refractivity contribution >= 4 is 40.5 Å². The molecule has 1 aliphatic heterocycles. The molecule has 5 rings (SSSR count). The zero-order valence-electron chi connectivity index (χ0n) is 16.6. The number of primary amides is 1. The second kappa shape index (κ2) is 8.27. The molecular formula is C21H17Cl2N7O2. The van der Waals surface area contributed by atoms with Crippen LogP contribution in [0, 0.1) is 0 Å². The Balaban J connectivity index is 1.43. The maximum Gasteiger partial charge on any atom is 0.271 e. The van der Waals surface area contributed by atoms with Crippen LogP contribution in [0.15, 0.2) is 55.0 Å². The standard InChI is InChI=1S/C21H17Cl2N7O2/c22-15-2-1-3-16(23)19(15)29-8-17(18(28-29)20(24)31)27-13-4-6-14(7-5-13)30-21(25-11-26-30)12-9-32-10-12/h1-8,11-12,27H,9-10H2,(H2,24,31). The average Bonchev–Trinajstić information content (AvgIpc) is 3.35. The first-order valence-corrected chi connectivity index (χ1v) is 10.5. The van der Waals surface area contributed by atoms with E-state index in [0.717, 1.165) is 17.2 Å². The minimum atomic E-state index is -0.680. The maximum absolute atomic E-state index is 12.0. The normalized spacial score (nSPS) is 13.7. The molecule has 4 aromatic rings. The number of nitrogens with two attached hydrogens (primary N) is 1. The van der Waals surface area contributed by atoms with Gasteiger partial charge in [0, 0.05) is 5.69 Å². The van der Waals surface area contributed by atoms with Crippen LogP contribution in [0.3, 0.4) is 0 Å². The van der Waals surface area contributed by atoms with E-state index in [4.69, 9.17) is 33.7 Å². The number of aromatic nitrogens is 5. The molecule has 3 N–H and O–H groups in total. The first kappa shape index (κ1) is 20.5. The van der Waals surface area contributed by atoms with Crippen LogP contribution < -0.4 is 11.1 Å². The fourth-order valence-electron chi connectivity index (χ4n) is 3.42. The minimum absolute atomic E-state index is 0.0635. The molecule has 0 bridgehead atoms. The van der Waals surface area contributed by atoms with Crippen molar-refractivity contribution in [2.24, 2.45) is 5.73 Å². The lowest BCUT2D eigenvalue weighted by Gasteiger charge is -2.25. The summed E-state index contributed by atoms with van der Waals surface area (Å²) in [5, 5.41) is 12.6. The van der Waals surface area contributed by atoms with Crippen molar-refractivity contribution < 1.29 is 9.53 Å². The van der Waals surface area contributed by atoms with E-state index in [1.807, 2.05) is 24.3 Å². The molecule has 0 aliphatic carbocycles. The topological polar surface area (TPSA) is 113 Å². The summed E-state index contributed by atoms with van der Waals surface area (Å²) < 4.78 is 8.49. The van der Waals surface area contributed by atoms with Gasteiger partial charge in [-0.2, -0.15) is 10.2 Å². The Morgan fingerprint density at radius 2 is 1.84 bits per heavy atom. The number of halogens is 2. The van der Waals surface area contributed by atoms with Crippen molar-refractivity contribution in [1.82, 2.24) is 24.5 Å². The molecule has 2 aromatic carbocycles. The zero-order chi connectivity index (χ0) is 22.2. The number of para-hydroxylation sites is 1. The number of anilines is 2. The molecule has 1 aliphatic rings. The number of amides is 1. The molecule has 1 amide bonds. The predicted octanol–water partition coefficient (Wildman–Crippen LogP) is 3.72. The van der Waals surface area contributed by atoms with Crippen molar-refractivity contribution in [3.8, 4) is 11.4 Å². The molecule has 11 heteroatoms. The summed E-state index contributed by atoms with van der Waals surface area (Å²) in [5.41, 5.74) is 8.08. The quantitative estimate of drug-likeness (QED) is 0.444. The van der Waals surface area contributed by atoms with Crippen molar-refractivity contribution in [2.45, 2.75) is 5.92 Å². The Bertz CT molecular complexity index is 1280. The third-order valence-electron chi connectivity index (χ3n) is 5.08. The second-order valence-corrected chi connectivity index (χ2v) is 8.02. The Kier molecular flexibility index (Phi) is 5.30. The fourth-order valence-corrected chi connectivity index (χ4v) is 3.99. The number of ether oxygens (including phenoxy) is 1. The summed E-state index contributed by atoms with van der Waals surface area (Å²) in [5.74, 6) is 0.433. The summed E-state index contributed by atoms with van der Waals surface area (Å²) in [6.07, 6.45) is 3.15. The largest absolute Gasteiger partial charge is 0.380 e. The monoisotopic (exact) mass is 469 g/mol. The van der Waals surface area contributed by atoms with E-state index in [1.54, 1.807) is 29.1 Å². The number of hydrogen-bond donors (Lipinski definition) is 2. The number of hydrogen-bond acceptors (Lipinski definition) is 6. The molecule has 0 unspecified atom stereocenters. The van der Waals surface area contributed by atoms with Crippen molar-refractivity contribution in [3.63, 3.8) is 0 Å². The highest BCUT2D eigenvalue weighted by molar-refractivity contribution is 6.37. The van der Waals surface area contributed by atoms with Gasteiger partial charge in [0.1, 0.15) is 17.8 Å². The molecule has 1 fully saturated rings. The van der Waals surface area contributed by atoms with E-state index in [0.29, 0.717) is 34.6 Å². The van der Waals surface area contributed by atoms with Crippen LogP contribution in [-0.2, 0) is 4.74 Å². The number of carbonyl (C=O) groups excluding carboxylic acids is 1. The Morgan fingerprint density at radius 3 is 2.47 bits per heavy atom. The van der Waals surface area contributed by atoms with E-state index >= 15 is 0 Å². The van der Waals surface area contributed by atoms with Gasteiger partial charge in [-0.15, -0.1) is 0 Å². The van der Waals surface area contributed by atoms with Gasteiger partial charge in [-0.05, 0) is 36.4 Å². The highest BCUT2D eigenvalue weighted by atomic mass is 35.5. The Morgan fingerprint density at radius 1 is 1.12 bits per heavy atom. The van der Waals surface area contributed by atoms with E-state index in [2.05, 4.69) is 20.5 Å². The third kappa shape index (κ3) is 3.70. The van der Waals surface area contributed by atoms with Gasteiger partial charge < -0.3 is 15.8 Å². The lowest BCUT2D eigenvalue weighted by molar-refractivity contribution is 0.00403. The van der Waals surface area contributed by atoms with Gasteiger partial charge in [0.05, 0.1) is 46.7 Å². The fraction of sp³-hybridized carbons (Fsp3) is 0.143. The van der Waals surface area contributed by atoms with Crippen molar-refractivity contribution in [3.05, 3.63) is 76.6 Å². The summed E-state index contributed by atoms with van der Waals surface area (Å²) in [7, 11) is 0. The van der Waals surface area contributed by atoms with E-state index in [-0.39, 0.29) is 11.6 Å². The molecular weight excluding hydrogens is 453 g/mol. The van der Waals surface area contributed by atoms with Gasteiger partial charge in [-0.3, -0.25) is 4.79 Å². The summed E-state index contributed by atoms with van der Waals surface area (Å²) in [4.78, 5) is 16.3. The summed E-state index contributed by atoms with van der Waals surface area (Å²) >= 11 is 12.6. The Labute approximate surface area is 192 Å². The van der Waals surface area contributed by atoms with Crippen molar-refractivity contribution in [1.29, 1.82) is 0 Å². The molecule has 1 saturated heterocycles. The molecule has 32 heavy (non-hydrogen) atoms. The molecule has 0 radical (unpaired) electrons. The van der Waals surface area contributed by atoms with Gasteiger partial charge in [0.25, 0.3) is 5.91 Å². The number of benzene rings is 2. The molecule has 162 valence electrons. The van der Waals surface area contributed by atoms with Crippen molar-refractivity contribution in [2.75, 3.05) is 18.5 Å². The SMILES string of the molecule is NC(=O)c1nn(-c2c(Cl)cccc2Cl)cc1Nc1ccc(-n2ncnc2C2COC2)cc1. The van der Waals surface area contributed by atoms with Gasteiger partial charge in [0.2, 0.25) is 0 Å². The molecule has 3 heterocycles. The summed E-state index contributed by atoms with van der Waals surface area (Å²) in [6, 6.07) is 12.6. The molecule has 2 aromatic heterocycles. The average molecular weight is 470 g/mol. The van der Waals surface area contributed by atoms with Gasteiger partial charge >= 0.3 is 0 Å². The van der Waals surface area contributed by atoms with E-state index in [1.165, 1.54) is 11.0 Å². The highest BCUT2D eigenvalue weighted by Crippen LogP contribution is 2.31. The number of nitrogens with one attached hydrogen (secondary N) is 1. The van der Waals surface area contributed by atoms with Crippen LogP contribution in [0.1, 0.15) is 22.2 Å². The van der Waals surface area contributed by atoms with Crippen LogP contribution in [0.25, 0.3) is 11.4 Å². The molecule has 0 saturated carbocycles. The van der Waals surface area contributed by atoms with E-state index < -0.39 is 5.91 Å². The summed E-state index contributed by atoms with van der Waals surface area (Å²) in [6.45, 7) is 1.29. The highest BCUT2D eigenvalue weighted by Gasteiger charge is 2.26. The smallest absolute Gasteiger partial charge is 0.271 e. The number of rotatable bonds is 6. The number of carbonyl (C=O) groups is 1. The van der Waals surface area contributed by atoms with Crippen LogP contribution in [-0.4, -0.2) is 43.7 Å². The van der Waals surface area contributed by atoms with Gasteiger partial charge in [-0.1, -0.05) is 29.3 Å². The molecule has 9 nitrogen and oxygen atoms in total. The predicted molar refractivity (Wildman–Crippen MR) is 120 cm³/mol. The van der Waals surface area contributed by atoms with Gasteiger partial charge in [0.15, 0.2) is 5.69 Å². The molecule has 0 atom stereocenters. The Hall–Kier alpha value is -3.40. The van der Waals surface area contributed by atoms with Gasteiger partial charge in [-0.25, -0.2) is 14.3 Å². The van der Waals surface area contributed by atoms with E-state index in [9.17, 15) is 4.79 Å². The lowest BCUT2D eigenvalue weighted by Crippen LogP contribution is -2.28. The third-order valence-corrected chi connectivity index (χ3v) is 5.69. The van der Waals surface area contributed by atoms with Crippen LogP contribution >= 0.6 is 23.2 Å². The van der Waals surface area contributed by atoms with Crippen LogP contribution in [0.4, 0.5) is 11.4 Å². The molecule has 0 spiro atoms. The lowest BCUT2D eigenvalue weighted by atomic mass is 10.1. The zero-order valence-corrected chi connectivity index (χ0v) is 18.1. The first-order valence-electron chi connectivity index (χ1n) is 9.70. The second-order valence-electron chi connectivity index (χ2n) is 7.21. The number of nitrogens with zero attached hydrogens (tertiary/aromatic N) is 5. The van der Waals surface area contributed by atoms with Crippen LogP contribution in [0.5, 0.6) is 0 Å². The first-order chi connectivity index (χ1) is 15.5. The maximum atomic E-state index is 12.0.